The van der Waals surface area contributed by atoms with Gasteiger partial charge in [-0.25, -0.2) is 0 Å². The van der Waals surface area contributed by atoms with Gasteiger partial charge in [0, 0.05) is 28.5 Å². The van der Waals surface area contributed by atoms with E-state index in [0.717, 1.165) is 17.7 Å². The zero-order valence-corrected chi connectivity index (χ0v) is 16.2. The van der Waals surface area contributed by atoms with Crippen molar-refractivity contribution in [2.75, 3.05) is 5.32 Å². The second-order valence-corrected chi connectivity index (χ2v) is 6.90. The zero-order valence-electron chi connectivity index (χ0n) is 16.2. The number of pyridine rings is 1. The lowest BCUT2D eigenvalue weighted by atomic mass is 10.1. The fourth-order valence-corrected chi connectivity index (χ4v) is 3.14. The molecule has 0 atom stereocenters. The molecule has 0 unspecified atom stereocenters. The van der Waals surface area contributed by atoms with Gasteiger partial charge < -0.3 is 5.32 Å². The van der Waals surface area contributed by atoms with Crippen LogP contribution in [-0.4, -0.2) is 10.8 Å². The Morgan fingerprint density at radius 1 is 0.903 bits per heavy atom. The molecule has 1 heterocycles. The molecule has 1 aromatic heterocycles. The minimum atomic E-state index is -4.42. The Balaban J connectivity index is 1.52. The Hall–Kier alpha value is -3.93. The first-order valence-corrected chi connectivity index (χ1v) is 9.51. The van der Waals surface area contributed by atoms with Gasteiger partial charge in [-0.3, -0.25) is 9.78 Å². The predicted octanol–water partition coefficient (Wildman–Crippen LogP) is 6.89. The van der Waals surface area contributed by atoms with Crippen molar-refractivity contribution in [1.82, 2.24) is 4.98 Å². The average Bonchev–Trinajstić information content (AvgIpc) is 2.78. The number of anilines is 2. The number of fused-ring (bicyclic) bond motifs is 1. The molecule has 0 aliphatic carbocycles. The maximum Gasteiger partial charge on any atom is 0.416 e. The Morgan fingerprint density at radius 2 is 1.65 bits per heavy atom. The predicted molar refractivity (Wildman–Crippen MR) is 116 cm³/mol. The Morgan fingerprint density at radius 3 is 2.35 bits per heavy atom. The molecule has 1 N–H and O–H groups in total. The third kappa shape index (κ3) is 4.80. The van der Waals surface area contributed by atoms with E-state index in [2.05, 4.69) is 10.3 Å². The SMILES string of the molecule is O=C(/C=C/c1ccccc1)c1ccc(Nc2ccnc3cc(C(F)(F)F)ccc23)cc1. The summed E-state index contributed by atoms with van der Waals surface area (Å²) in [5, 5.41) is 3.75. The fraction of sp³-hybridized carbons (Fsp3) is 0.0400. The summed E-state index contributed by atoms with van der Waals surface area (Å²) < 4.78 is 38.8. The van der Waals surface area contributed by atoms with Crippen molar-refractivity contribution < 1.29 is 18.0 Å². The molecule has 0 radical (unpaired) electrons. The number of nitrogens with one attached hydrogen (secondary N) is 1. The van der Waals surface area contributed by atoms with Crippen molar-refractivity contribution in [3.8, 4) is 0 Å². The highest BCUT2D eigenvalue weighted by atomic mass is 19.4. The van der Waals surface area contributed by atoms with Crippen molar-refractivity contribution in [2.45, 2.75) is 6.18 Å². The average molecular weight is 418 g/mol. The van der Waals surface area contributed by atoms with Crippen LogP contribution in [-0.2, 0) is 6.18 Å². The van der Waals surface area contributed by atoms with Gasteiger partial charge in [-0.15, -0.1) is 0 Å². The summed E-state index contributed by atoms with van der Waals surface area (Å²) in [6.07, 6.45) is 0.312. The van der Waals surface area contributed by atoms with E-state index < -0.39 is 11.7 Å². The summed E-state index contributed by atoms with van der Waals surface area (Å²) in [4.78, 5) is 16.4. The smallest absolute Gasteiger partial charge is 0.355 e. The van der Waals surface area contributed by atoms with Gasteiger partial charge in [-0.1, -0.05) is 42.5 Å². The van der Waals surface area contributed by atoms with Gasteiger partial charge in [0.05, 0.1) is 11.1 Å². The number of nitrogens with zero attached hydrogens (tertiary/aromatic N) is 1. The van der Waals surface area contributed by atoms with E-state index in [0.29, 0.717) is 22.3 Å². The van der Waals surface area contributed by atoms with Gasteiger partial charge in [0.2, 0.25) is 0 Å². The zero-order chi connectivity index (χ0) is 21.8. The number of carbonyl (C=O) groups excluding carboxylic acids is 1. The van der Waals surface area contributed by atoms with Crippen LogP contribution < -0.4 is 5.32 Å². The van der Waals surface area contributed by atoms with Crippen molar-refractivity contribution in [1.29, 1.82) is 0 Å². The standard InChI is InChI=1S/C25H17F3N2O/c26-25(27,28)19-9-12-21-22(14-15-29-23(21)16-19)30-20-10-7-18(8-11-20)24(31)13-6-17-4-2-1-3-5-17/h1-16H,(H,29,30)/b13-6+. The Kier molecular flexibility index (Phi) is 5.54. The van der Waals surface area contributed by atoms with Gasteiger partial charge in [-0.2, -0.15) is 13.2 Å². The summed E-state index contributed by atoms with van der Waals surface area (Å²) in [5.41, 5.74) is 2.31. The van der Waals surface area contributed by atoms with Gasteiger partial charge in [0.15, 0.2) is 5.78 Å². The molecule has 6 heteroatoms. The first-order chi connectivity index (χ1) is 14.9. The number of allylic oxidation sites excluding steroid dienone is 1. The molecular formula is C25H17F3N2O. The molecule has 0 saturated carbocycles. The molecule has 4 aromatic rings. The molecule has 0 aliphatic heterocycles. The second kappa shape index (κ2) is 8.44. The van der Waals surface area contributed by atoms with Gasteiger partial charge in [-0.05, 0) is 54.1 Å². The normalized spacial score (nSPS) is 11.7. The van der Waals surface area contributed by atoms with Crippen LogP contribution in [0.3, 0.4) is 0 Å². The maximum atomic E-state index is 12.9. The first-order valence-electron chi connectivity index (χ1n) is 9.51. The van der Waals surface area contributed by atoms with Crippen LogP contribution in [0.1, 0.15) is 21.5 Å². The lowest BCUT2D eigenvalue weighted by Gasteiger charge is -2.12. The number of hydrogen-bond donors (Lipinski definition) is 1. The fourth-order valence-electron chi connectivity index (χ4n) is 3.14. The topological polar surface area (TPSA) is 42.0 Å². The molecule has 0 bridgehead atoms. The van der Waals surface area contributed by atoms with Gasteiger partial charge in [0.1, 0.15) is 0 Å². The highest BCUT2D eigenvalue weighted by Crippen LogP contribution is 2.33. The molecule has 0 aliphatic rings. The van der Waals surface area contributed by atoms with E-state index in [-0.39, 0.29) is 11.3 Å². The van der Waals surface area contributed by atoms with Gasteiger partial charge >= 0.3 is 6.18 Å². The molecule has 3 aromatic carbocycles. The molecule has 0 saturated heterocycles. The number of benzene rings is 3. The molecule has 0 amide bonds. The quantitative estimate of drug-likeness (QED) is 0.283. The van der Waals surface area contributed by atoms with Crippen LogP contribution in [0.2, 0.25) is 0 Å². The number of hydrogen-bond acceptors (Lipinski definition) is 3. The lowest BCUT2D eigenvalue weighted by Crippen LogP contribution is -2.04. The van der Waals surface area contributed by atoms with Crippen LogP contribution in [0.25, 0.3) is 17.0 Å². The van der Waals surface area contributed by atoms with E-state index >= 15 is 0 Å². The molecule has 0 spiro atoms. The number of halogens is 3. The minimum Gasteiger partial charge on any atom is -0.355 e. The van der Waals surface area contributed by atoms with E-state index in [9.17, 15) is 18.0 Å². The number of aromatic nitrogens is 1. The molecule has 0 fully saturated rings. The molecule has 31 heavy (non-hydrogen) atoms. The largest absolute Gasteiger partial charge is 0.416 e. The maximum absolute atomic E-state index is 12.9. The Bertz CT molecular complexity index is 1250. The first kappa shape index (κ1) is 20.3. The number of ketones is 1. The van der Waals surface area contributed by atoms with Crippen LogP contribution in [0, 0.1) is 0 Å². The monoisotopic (exact) mass is 418 g/mol. The third-order valence-electron chi connectivity index (χ3n) is 4.75. The second-order valence-electron chi connectivity index (χ2n) is 6.90. The summed E-state index contributed by atoms with van der Waals surface area (Å²) in [5.74, 6) is -0.121. The highest BCUT2D eigenvalue weighted by Gasteiger charge is 2.30. The minimum absolute atomic E-state index is 0.121. The molecule has 4 rings (SSSR count). The van der Waals surface area contributed by atoms with Crippen LogP contribution in [0.5, 0.6) is 0 Å². The van der Waals surface area contributed by atoms with Crippen molar-refractivity contribution in [2.24, 2.45) is 0 Å². The number of alkyl halides is 3. The summed E-state index contributed by atoms with van der Waals surface area (Å²) >= 11 is 0. The molecular weight excluding hydrogens is 401 g/mol. The highest BCUT2D eigenvalue weighted by molar-refractivity contribution is 6.07. The third-order valence-corrected chi connectivity index (χ3v) is 4.75. The van der Waals surface area contributed by atoms with E-state index in [1.165, 1.54) is 18.3 Å². The van der Waals surface area contributed by atoms with Crippen molar-refractivity contribution in [3.63, 3.8) is 0 Å². The van der Waals surface area contributed by atoms with Crippen molar-refractivity contribution >= 4 is 34.1 Å². The van der Waals surface area contributed by atoms with Crippen molar-refractivity contribution in [3.05, 3.63) is 108 Å². The van der Waals surface area contributed by atoms with E-state index in [4.69, 9.17) is 0 Å². The molecule has 154 valence electrons. The Labute approximate surface area is 176 Å². The van der Waals surface area contributed by atoms with Crippen LogP contribution in [0.4, 0.5) is 24.5 Å². The van der Waals surface area contributed by atoms with Crippen LogP contribution >= 0.6 is 0 Å². The van der Waals surface area contributed by atoms with E-state index in [1.54, 1.807) is 36.4 Å². The number of rotatable bonds is 5. The summed E-state index contributed by atoms with van der Waals surface area (Å²) in [6, 6.07) is 21.6. The van der Waals surface area contributed by atoms with Gasteiger partial charge in [0.25, 0.3) is 0 Å². The number of carbonyl (C=O) groups is 1. The molecule has 3 nitrogen and oxygen atoms in total. The summed E-state index contributed by atoms with van der Waals surface area (Å²) in [6.45, 7) is 0. The lowest BCUT2D eigenvalue weighted by molar-refractivity contribution is -0.137. The summed E-state index contributed by atoms with van der Waals surface area (Å²) in [7, 11) is 0. The van der Waals surface area contributed by atoms with E-state index in [1.807, 2.05) is 30.3 Å². The van der Waals surface area contributed by atoms with Crippen LogP contribution in [0.15, 0.2) is 91.1 Å².